The Labute approximate surface area is 146 Å². The van der Waals surface area contributed by atoms with Crippen molar-refractivity contribution in [3.05, 3.63) is 65.7 Å². The van der Waals surface area contributed by atoms with Crippen LogP contribution in [-0.2, 0) is 4.79 Å². The van der Waals surface area contributed by atoms with E-state index >= 15 is 0 Å². The predicted molar refractivity (Wildman–Crippen MR) is 92.3 cm³/mol. The summed E-state index contributed by atoms with van der Waals surface area (Å²) < 4.78 is 31.8. The first-order chi connectivity index (χ1) is 12.0. The quantitative estimate of drug-likeness (QED) is 0.745. The molecule has 25 heavy (non-hydrogen) atoms. The van der Waals surface area contributed by atoms with Gasteiger partial charge in [-0.05, 0) is 43.8 Å². The van der Waals surface area contributed by atoms with Gasteiger partial charge in [0, 0.05) is 6.04 Å². The van der Waals surface area contributed by atoms with E-state index in [1.54, 1.807) is 11.9 Å². The molecule has 1 atom stereocenters. The number of amides is 1. The lowest BCUT2D eigenvalue weighted by Crippen LogP contribution is -2.38. The van der Waals surface area contributed by atoms with E-state index in [2.05, 4.69) is 5.32 Å². The lowest BCUT2D eigenvalue weighted by atomic mass is 10.1. The second-order valence-corrected chi connectivity index (χ2v) is 5.78. The number of nitrogens with one attached hydrogen (secondary N) is 1. The van der Waals surface area contributed by atoms with E-state index in [-0.39, 0.29) is 18.5 Å². The second-order valence-electron chi connectivity index (χ2n) is 5.78. The molecule has 1 unspecified atom stereocenters. The maximum absolute atomic E-state index is 13.3. The molecule has 0 bridgehead atoms. The molecular weight excluding hydrogens is 326 g/mol. The van der Waals surface area contributed by atoms with Crippen LogP contribution < -0.4 is 10.1 Å². The number of ether oxygens (including phenoxy) is 1. The van der Waals surface area contributed by atoms with Gasteiger partial charge in [-0.25, -0.2) is 8.78 Å². The first-order valence-electron chi connectivity index (χ1n) is 8.07. The number of halogens is 2. The molecule has 0 aliphatic rings. The van der Waals surface area contributed by atoms with Crippen molar-refractivity contribution in [1.29, 1.82) is 0 Å². The summed E-state index contributed by atoms with van der Waals surface area (Å²) in [6.45, 7) is 2.74. The van der Waals surface area contributed by atoms with Gasteiger partial charge in [0.1, 0.15) is 12.4 Å². The number of nitrogens with zero attached hydrogens (tertiary/aromatic N) is 1. The van der Waals surface area contributed by atoms with Gasteiger partial charge in [-0.3, -0.25) is 9.69 Å². The monoisotopic (exact) mass is 348 g/mol. The summed E-state index contributed by atoms with van der Waals surface area (Å²) >= 11 is 0. The molecule has 2 rings (SSSR count). The molecule has 4 nitrogen and oxygen atoms in total. The van der Waals surface area contributed by atoms with Gasteiger partial charge < -0.3 is 10.1 Å². The SMILES string of the molecule is CC(c1ccc(F)c(F)c1)N(C)CC(=O)NCCOc1ccccc1. The third-order valence-electron chi connectivity index (χ3n) is 3.92. The first kappa shape index (κ1) is 18.9. The van der Waals surface area contributed by atoms with Crippen LogP contribution in [-0.4, -0.2) is 37.6 Å². The number of likely N-dealkylation sites (N-methyl/N-ethyl adjacent to an activating group) is 1. The zero-order chi connectivity index (χ0) is 18.2. The van der Waals surface area contributed by atoms with Crippen LogP contribution >= 0.6 is 0 Å². The van der Waals surface area contributed by atoms with E-state index in [1.165, 1.54) is 6.07 Å². The van der Waals surface area contributed by atoms with Crippen LogP contribution in [0.25, 0.3) is 0 Å². The molecule has 1 amide bonds. The summed E-state index contributed by atoms with van der Waals surface area (Å²) in [5, 5.41) is 2.77. The Morgan fingerprint density at radius 1 is 1.16 bits per heavy atom. The van der Waals surface area contributed by atoms with Crippen molar-refractivity contribution in [3.63, 3.8) is 0 Å². The van der Waals surface area contributed by atoms with Gasteiger partial charge in [0.15, 0.2) is 11.6 Å². The average Bonchev–Trinajstić information content (AvgIpc) is 2.61. The highest BCUT2D eigenvalue weighted by molar-refractivity contribution is 5.78. The molecule has 2 aromatic carbocycles. The smallest absolute Gasteiger partial charge is 0.234 e. The first-order valence-corrected chi connectivity index (χ1v) is 8.07. The van der Waals surface area contributed by atoms with Crippen molar-refractivity contribution in [2.75, 3.05) is 26.7 Å². The maximum Gasteiger partial charge on any atom is 0.234 e. The normalized spacial score (nSPS) is 12.0. The Morgan fingerprint density at radius 3 is 2.56 bits per heavy atom. The van der Waals surface area contributed by atoms with Gasteiger partial charge in [-0.2, -0.15) is 0 Å². The van der Waals surface area contributed by atoms with Crippen LogP contribution in [0.1, 0.15) is 18.5 Å². The summed E-state index contributed by atoms with van der Waals surface area (Å²) in [4.78, 5) is 13.7. The minimum Gasteiger partial charge on any atom is -0.492 e. The summed E-state index contributed by atoms with van der Waals surface area (Å²) in [5.41, 5.74) is 0.613. The molecule has 0 heterocycles. The topological polar surface area (TPSA) is 41.6 Å². The zero-order valence-electron chi connectivity index (χ0n) is 14.3. The minimum absolute atomic E-state index is 0.144. The Morgan fingerprint density at radius 2 is 1.88 bits per heavy atom. The third kappa shape index (κ3) is 5.83. The molecule has 0 saturated carbocycles. The maximum atomic E-state index is 13.3. The Bertz CT molecular complexity index is 695. The van der Waals surface area contributed by atoms with Gasteiger partial charge in [-0.15, -0.1) is 0 Å². The molecule has 0 saturated heterocycles. The van der Waals surface area contributed by atoms with Crippen LogP contribution in [0.3, 0.4) is 0 Å². The van der Waals surface area contributed by atoms with Crippen LogP contribution in [0.15, 0.2) is 48.5 Å². The van der Waals surface area contributed by atoms with Gasteiger partial charge in [0.05, 0.1) is 13.1 Å². The Hall–Kier alpha value is -2.47. The highest BCUT2D eigenvalue weighted by Crippen LogP contribution is 2.20. The standard InChI is InChI=1S/C19H22F2N2O2/c1-14(15-8-9-17(20)18(21)12-15)23(2)13-19(24)22-10-11-25-16-6-4-3-5-7-16/h3-9,12,14H,10-11,13H2,1-2H3,(H,22,24). The van der Waals surface area contributed by atoms with Gasteiger partial charge >= 0.3 is 0 Å². The Balaban J connectivity index is 1.74. The van der Waals surface area contributed by atoms with Crippen LogP contribution in [0.5, 0.6) is 5.75 Å². The lowest BCUT2D eigenvalue weighted by molar-refractivity contribution is -0.122. The molecule has 0 aromatic heterocycles. The average molecular weight is 348 g/mol. The number of carbonyl (C=O) groups excluding carboxylic acids is 1. The van der Waals surface area contributed by atoms with Crippen LogP contribution in [0.4, 0.5) is 8.78 Å². The van der Waals surface area contributed by atoms with Crippen molar-refractivity contribution in [2.24, 2.45) is 0 Å². The Kier molecular flexibility index (Phi) is 6.89. The van der Waals surface area contributed by atoms with Crippen molar-refractivity contribution in [1.82, 2.24) is 10.2 Å². The number of benzene rings is 2. The zero-order valence-corrected chi connectivity index (χ0v) is 14.3. The van der Waals surface area contributed by atoms with Crippen molar-refractivity contribution < 1.29 is 18.3 Å². The molecule has 0 spiro atoms. The fourth-order valence-corrected chi connectivity index (χ4v) is 2.32. The highest BCUT2D eigenvalue weighted by Gasteiger charge is 2.16. The van der Waals surface area contributed by atoms with Crippen molar-refractivity contribution in [2.45, 2.75) is 13.0 Å². The fourth-order valence-electron chi connectivity index (χ4n) is 2.32. The molecule has 0 aliphatic heterocycles. The minimum atomic E-state index is -0.889. The number of hydrogen-bond acceptors (Lipinski definition) is 3. The summed E-state index contributed by atoms with van der Waals surface area (Å²) in [5.74, 6) is -1.18. The van der Waals surface area contributed by atoms with Crippen LogP contribution in [0, 0.1) is 11.6 Å². The molecule has 0 radical (unpaired) electrons. The second kappa shape index (κ2) is 9.13. The van der Waals surface area contributed by atoms with E-state index < -0.39 is 11.6 Å². The van der Waals surface area contributed by atoms with E-state index in [4.69, 9.17) is 4.74 Å². The summed E-state index contributed by atoms with van der Waals surface area (Å²) in [6, 6.07) is 12.9. The molecule has 1 N–H and O–H groups in total. The molecule has 2 aromatic rings. The summed E-state index contributed by atoms with van der Waals surface area (Å²) in [6.07, 6.45) is 0. The summed E-state index contributed by atoms with van der Waals surface area (Å²) in [7, 11) is 1.76. The van der Waals surface area contributed by atoms with Crippen LogP contribution in [0.2, 0.25) is 0 Å². The number of hydrogen-bond donors (Lipinski definition) is 1. The molecule has 0 fully saturated rings. The van der Waals surface area contributed by atoms with Gasteiger partial charge in [0.2, 0.25) is 5.91 Å². The van der Waals surface area contributed by atoms with E-state index in [9.17, 15) is 13.6 Å². The number of carbonyl (C=O) groups is 1. The highest BCUT2D eigenvalue weighted by atomic mass is 19.2. The molecule has 134 valence electrons. The number of para-hydroxylation sites is 1. The molecule has 6 heteroatoms. The lowest BCUT2D eigenvalue weighted by Gasteiger charge is -2.24. The fraction of sp³-hybridized carbons (Fsp3) is 0.316. The molecular formula is C19H22F2N2O2. The van der Waals surface area contributed by atoms with E-state index in [0.29, 0.717) is 18.7 Å². The van der Waals surface area contributed by atoms with Gasteiger partial charge in [0.25, 0.3) is 0 Å². The predicted octanol–water partition coefficient (Wildman–Crippen LogP) is 3.15. The van der Waals surface area contributed by atoms with Gasteiger partial charge in [-0.1, -0.05) is 24.3 Å². The van der Waals surface area contributed by atoms with E-state index in [1.807, 2.05) is 37.3 Å². The van der Waals surface area contributed by atoms with Crippen molar-refractivity contribution >= 4 is 5.91 Å². The molecule has 0 aliphatic carbocycles. The largest absolute Gasteiger partial charge is 0.492 e. The van der Waals surface area contributed by atoms with E-state index in [0.717, 1.165) is 17.9 Å². The van der Waals surface area contributed by atoms with Crippen molar-refractivity contribution in [3.8, 4) is 5.75 Å². The number of rotatable bonds is 8. The third-order valence-corrected chi connectivity index (χ3v) is 3.92.